The summed E-state index contributed by atoms with van der Waals surface area (Å²) >= 11 is 0. The summed E-state index contributed by atoms with van der Waals surface area (Å²) in [6.07, 6.45) is 0. The molecule has 7 aromatic carbocycles. The molecule has 0 radical (unpaired) electrons. The van der Waals surface area contributed by atoms with Crippen molar-refractivity contribution < 1.29 is 9.59 Å². The molecule has 2 heterocycles. The molecule has 0 unspecified atom stereocenters. The van der Waals surface area contributed by atoms with Crippen molar-refractivity contribution in [1.29, 1.82) is 0 Å². The number of aromatic nitrogens is 3. The average molecular weight is 720 g/mol. The lowest BCUT2D eigenvalue weighted by Gasteiger charge is -2.24. The molecule has 0 atom stereocenters. The van der Waals surface area contributed by atoms with Gasteiger partial charge in [-0.1, -0.05) is 147 Å². The van der Waals surface area contributed by atoms with Gasteiger partial charge in [0.1, 0.15) is 0 Å². The van der Waals surface area contributed by atoms with Crippen LogP contribution in [0.2, 0.25) is 0 Å². The molecule has 0 fully saturated rings. The van der Waals surface area contributed by atoms with Crippen LogP contribution in [-0.4, -0.2) is 26.1 Å². The summed E-state index contributed by atoms with van der Waals surface area (Å²) in [5.41, 5.74) is 12.7. The van der Waals surface area contributed by atoms with E-state index in [4.69, 9.17) is 9.97 Å². The monoisotopic (exact) mass is 719 g/mol. The number of nitrogens with zero attached hydrogens (tertiary/aromatic N) is 3. The molecule has 5 nitrogen and oxygen atoms in total. The fourth-order valence-electron chi connectivity index (χ4n) is 9.11. The first-order valence-corrected chi connectivity index (χ1v) is 18.9. The van der Waals surface area contributed by atoms with Crippen molar-refractivity contribution in [3.8, 4) is 50.7 Å². The molecule has 0 bridgehead atoms. The third-order valence-electron chi connectivity index (χ3n) is 11.8. The van der Waals surface area contributed by atoms with E-state index in [-0.39, 0.29) is 17.0 Å². The number of hydrogen-bond acceptors (Lipinski definition) is 4. The molecule has 11 rings (SSSR count). The highest BCUT2D eigenvalue weighted by Gasteiger charge is 2.38. The standard InChI is InChI=1S/C51H33N3O2/c1-51(2)39-24-11-9-19-32(39)37-27-38-33-20-10-12-25-43(33)54(45(38)28-40(37)51)44-26-14-23-36-47(44)49(56)46-34(21-13-22-35(46)48(36)55)42-29-41(30-15-5-3-6-16-30)52-50(53-42)31-17-7-4-8-18-31/h3-29H,1-2H3. The van der Waals surface area contributed by atoms with Crippen molar-refractivity contribution in [3.05, 3.63) is 197 Å². The molecule has 0 amide bonds. The minimum absolute atomic E-state index is 0.183. The van der Waals surface area contributed by atoms with Gasteiger partial charge in [-0.3, -0.25) is 9.59 Å². The molecular formula is C51H33N3O2. The smallest absolute Gasteiger partial charge is 0.197 e. The summed E-state index contributed by atoms with van der Waals surface area (Å²) < 4.78 is 2.19. The predicted molar refractivity (Wildman–Crippen MR) is 224 cm³/mol. The first kappa shape index (κ1) is 32.2. The Labute approximate surface area is 323 Å². The first-order valence-electron chi connectivity index (χ1n) is 18.9. The molecule has 0 saturated carbocycles. The van der Waals surface area contributed by atoms with E-state index in [1.165, 1.54) is 22.3 Å². The van der Waals surface area contributed by atoms with Crippen LogP contribution in [0.15, 0.2) is 164 Å². The second kappa shape index (κ2) is 11.9. The summed E-state index contributed by atoms with van der Waals surface area (Å²) in [7, 11) is 0. The lowest BCUT2D eigenvalue weighted by Crippen LogP contribution is -2.24. The zero-order valence-corrected chi connectivity index (χ0v) is 30.7. The van der Waals surface area contributed by atoms with Gasteiger partial charge >= 0.3 is 0 Å². The van der Waals surface area contributed by atoms with Gasteiger partial charge in [0.25, 0.3) is 0 Å². The van der Waals surface area contributed by atoms with E-state index in [0.717, 1.165) is 38.6 Å². The number of ketones is 2. The molecule has 0 aliphatic heterocycles. The topological polar surface area (TPSA) is 64.8 Å². The zero-order valence-electron chi connectivity index (χ0n) is 30.7. The van der Waals surface area contributed by atoms with E-state index in [1.807, 2.05) is 97.1 Å². The van der Waals surface area contributed by atoms with Crippen molar-refractivity contribution in [3.63, 3.8) is 0 Å². The van der Waals surface area contributed by atoms with E-state index in [2.05, 4.69) is 73.0 Å². The second-order valence-electron chi connectivity index (χ2n) is 15.2. The van der Waals surface area contributed by atoms with E-state index >= 15 is 4.79 Å². The predicted octanol–water partition coefficient (Wildman–Crippen LogP) is 11.7. The van der Waals surface area contributed by atoms with E-state index in [1.54, 1.807) is 12.1 Å². The molecule has 9 aromatic rings. The minimum atomic E-state index is -0.216. The third kappa shape index (κ3) is 4.55. The summed E-state index contributed by atoms with van der Waals surface area (Å²) in [6, 6.07) is 54.5. The molecule has 2 aliphatic rings. The van der Waals surface area contributed by atoms with E-state index in [9.17, 15) is 4.79 Å². The Bertz CT molecular complexity index is 3080. The summed E-state index contributed by atoms with van der Waals surface area (Å²) in [4.78, 5) is 40.0. The van der Waals surface area contributed by atoms with E-state index < -0.39 is 0 Å². The number of carbonyl (C=O) groups excluding carboxylic acids is 2. The van der Waals surface area contributed by atoms with Crippen molar-refractivity contribution in [2.24, 2.45) is 0 Å². The zero-order chi connectivity index (χ0) is 37.7. The number of carbonyl (C=O) groups is 2. The quantitative estimate of drug-likeness (QED) is 0.182. The number of fused-ring (bicyclic) bond motifs is 8. The summed E-state index contributed by atoms with van der Waals surface area (Å²) in [5, 5.41) is 2.19. The molecule has 56 heavy (non-hydrogen) atoms. The average Bonchev–Trinajstić information content (AvgIpc) is 3.69. The summed E-state index contributed by atoms with van der Waals surface area (Å²) in [5.74, 6) is 0.150. The van der Waals surface area contributed by atoms with Gasteiger partial charge in [0.15, 0.2) is 17.4 Å². The van der Waals surface area contributed by atoms with Gasteiger partial charge in [0.2, 0.25) is 0 Å². The molecule has 5 heteroatoms. The minimum Gasteiger partial charge on any atom is -0.308 e. The maximum Gasteiger partial charge on any atom is 0.197 e. The third-order valence-corrected chi connectivity index (χ3v) is 11.8. The van der Waals surface area contributed by atoms with Crippen LogP contribution in [0.4, 0.5) is 0 Å². The maximum absolute atomic E-state index is 15.4. The van der Waals surface area contributed by atoms with Crippen molar-refractivity contribution in [2.75, 3.05) is 0 Å². The van der Waals surface area contributed by atoms with Gasteiger partial charge < -0.3 is 4.57 Å². The Kier molecular flexibility index (Phi) is 6.83. The van der Waals surface area contributed by atoms with Crippen LogP contribution >= 0.6 is 0 Å². The van der Waals surface area contributed by atoms with Crippen LogP contribution in [0, 0.1) is 0 Å². The van der Waals surface area contributed by atoms with E-state index in [0.29, 0.717) is 45.0 Å². The maximum atomic E-state index is 15.4. The summed E-state index contributed by atoms with van der Waals surface area (Å²) in [6.45, 7) is 4.56. The van der Waals surface area contributed by atoms with Crippen LogP contribution in [0.1, 0.15) is 56.8 Å². The Balaban J connectivity index is 1.15. The highest BCUT2D eigenvalue weighted by atomic mass is 16.1. The van der Waals surface area contributed by atoms with Gasteiger partial charge in [0.05, 0.1) is 33.7 Å². The first-order chi connectivity index (χ1) is 27.4. The SMILES string of the molecule is CC1(C)c2ccccc2-c2cc3c4ccccc4n(-c4cccc5c4C(=O)c4c(cccc4-c4cc(-c6ccccc6)nc(-c6ccccc6)n4)C5=O)c3cc21. The van der Waals surface area contributed by atoms with Gasteiger partial charge in [-0.05, 0) is 52.6 Å². The number of para-hydroxylation sites is 1. The highest BCUT2D eigenvalue weighted by Crippen LogP contribution is 2.51. The van der Waals surface area contributed by atoms with Crippen molar-refractivity contribution in [1.82, 2.24) is 14.5 Å². The van der Waals surface area contributed by atoms with Crippen molar-refractivity contribution >= 4 is 33.4 Å². The van der Waals surface area contributed by atoms with Crippen LogP contribution < -0.4 is 0 Å². The lowest BCUT2D eigenvalue weighted by molar-refractivity contribution is 0.0979. The highest BCUT2D eigenvalue weighted by molar-refractivity contribution is 6.31. The fraction of sp³-hybridized carbons (Fsp3) is 0.0588. The van der Waals surface area contributed by atoms with Crippen LogP contribution in [0.25, 0.3) is 72.5 Å². The molecule has 2 aromatic heterocycles. The van der Waals surface area contributed by atoms with Crippen LogP contribution in [-0.2, 0) is 5.41 Å². The number of rotatable bonds is 4. The molecule has 2 aliphatic carbocycles. The molecular weight excluding hydrogens is 687 g/mol. The number of hydrogen-bond donors (Lipinski definition) is 0. The molecule has 0 spiro atoms. The molecule has 264 valence electrons. The fourth-order valence-corrected chi connectivity index (χ4v) is 9.11. The Hall–Kier alpha value is -7.24. The van der Waals surface area contributed by atoms with Gasteiger partial charge in [-0.2, -0.15) is 0 Å². The lowest BCUT2D eigenvalue weighted by atomic mass is 9.80. The largest absolute Gasteiger partial charge is 0.308 e. The van der Waals surface area contributed by atoms with Gasteiger partial charge in [-0.25, -0.2) is 9.97 Å². The van der Waals surface area contributed by atoms with Crippen LogP contribution in [0.5, 0.6) is 0 Å². The Morgan fingerprint density at radius 1 is 0.446 bits per heavy atom. The molecule has 0 saturated heterocycles. The second-order valence-corrected chi connectivity index (χ2v) is 15.2. The number of benzene rings is 7. The van der Waals surface area contributed by atoms with Gasteiger partial charge in [0, 0.05) is 49.6 Å². The van der Waals surface area contributed by atoms with Crippen molar-refractivity contribution in [2.45, 2.75) is 19.3 Å². The van der Waals surface area contributed by atoms with Gasteiger partial charge in [-0.15, -0.1) is 0 Å². The normalized spacial score (nSPS) is 13.8. The Morgan fingerprint density at radius 2 is 1.07 bits per heavy atom. The molecule has 0 N–H and O–H groups in total. The Morgan fingerprint density at radius 3 is 1.88 bits per heavy atom. The van der Waals surface area contributed by atoms with Crippen LogP contribution in [0.3, 0.4) is 0 Å².